The van der Waals surface area contributed by atoms with Crippen LogP contribution in [0.5, 0.6) is 0 Å². The van der Waals surface area contributed by atoms with Gasteiger partial charge in [-0.3, -0.25) is 0 Å². The van der Waals surface area contributed by atoms with Crippen molar-refractivity contribution >= 4 is 23.5 Å². The Bertz CT molecular complexity index is 437. The van der Waals surface area contributed by atoms with Crippen LogP contribution in [0.25, 0.3) is 0 Å². The topological polar surface area (TPSA) is 83.4 Å². The molecule has 0 aliphatic carbocycles. The molecular weight excluding hydrogens is 294 g/mol. The van der Waals surface area contributed by atoms with Gasteiger partial charge in [-0.2, -0.15) is 15.0 Å². The van der Waals surface area contributed by atoms with Crippen molar-refractivity contribution in [1.82, 2.24) is 15.0 Å². The Balaban J connectivity index is 2.09. The van der Waals surface area contributed by atoms with Gasteiger partial charge in [0, 0.05) is 26.8 Å². The summed E-state index contributed by atoms with van der Waals surface area (Å²) in [5.74, 6) is 1.03. The van der Waals surface area contributed by atoms with E-state index in [-0.39, 0.29) is 17.9 Å². The summed E-state index contributed by atoms with van der Waals surface area (Å²) in [4.78, 5) is 14.9. The zero-order chi connectivity index (χ0) is 15.1. The highest BCUT2D eigenvalue weighted by Crippen LogP contribution is 2.19. The Morgan fingerprint density at radius 2 is 2.05 bits per heavy atom. The van der Waals surface area contributed by atoms with E-state index < -0.39 is 0 Å². The van der Waals surface area contributed by atoms with E-state index in [1.165, 1.54) is 6.42 Å². The molecule has 0 radical (unpaired) electrons. The smallest absolute Gasteiger partial charge is 0.231 e. The second-order valence-corrected chi connectivity index (χ2v) is 5.42. The molecular formula is C13H22ClN5O2. The molecule has 1 fully saturated rings. The highest BCUT2D eigenvalue weighted by Gasteiger charge is 2.17. The number of aliphatic hydroxyl groups excluding tert-OH is 1. The number of anilines is 2. The van der Waals surface area contributed by atoms with Crippen molar-refractivity contribution in [3.8, 4) is 0 Å². The molecule has 1 unspecified atom stereocenters. The van der Waals surface area contributed by atoms with Gasteiger partial charge in [0.25, 0.3) is 0 Å². The molecule has 1 aliphatic rings. The van der Waals surface area contributed by atoms with Crippen LogP contribution in [-0.4, -0.2) is 59.5 Å². The number of ether oxygens (including phenoxy) is 1. The second-order valence-electron chi connectivity index (χ2n) is 5.08. The molecule has 2 heterocycles. The summed E-state index contributed by atoms with van der Waals surface area (Å²) in [6.07, 6.45) is 4.08. The Kier molecular flexibility index (Phi) is 6.41. The summed E-state index contributed by atoms with van der Waals surface area (Å²) < 4.78 is 5.12. The molecule has 1 aromatic rings. The monoisotopic (exact) mass is 315 g/mol. The van der Waals surface area contributed by atoms with Crippen LogP contribution < -0.4 is 10.2 Å². The Labute approximate surface area is 129 Å². The van der Waals surface area contributed by atoms with Crippen molar-refractivity contribution in [2.45, 2.75) is 31.7 Å². The summed E-state index contributed by atoms with van der Waals surface area (Å²) in [6.45, 7) is 2.41. The molecule has 0 aromatic carbocycles. The molecule has 1 aromatic heterocycles. The Hall–Kier alpha value is -1.18. The molecule has 0 spiro atoms. The van der Waals surface area contributed by atoms with E-state index in [9.17, 15) is 0 Å². The summed E-state index contributed by atoms with van der Waals surface area (Å²) in [5, 5.41) is 12.4. The van der Waals surface area contributed by atoms with Crippen LogP contribution in [0.15, 0.2) is 0 Å². The standard InChI is InChI=1S/C13H22ClN5O2/c1-21-9-10(5-8-20)15-12-16-11(14)17-13(18-12)19-6-3-2-4-7-19/h10,20H,2-9H2,1H3,(H,15,16,17,18). The zero-order valence-corrected chi connectivity index (χ0v) is 13.0. The lowest BCUT2D eigenvalue weighted by Crippen LogP contribution is -2.32. The largest absolute Gasteiger partial charge is 0.396 e. The minimum atomic E-state index is -0.0623. The predicted octanol–water partition coefficient (Wildman–Crippen LogP) is 1.32. The summed E-state index contributed by atoms with van der Waals surface area (Å²) in [7, 11) is 1.62. The number of aromatic nitrogens is 3. The van der Waals surface area contributed by atoms with Crippen LogP contribution in [0.3, 0.4) is 0 Å². The van der Waals surface area contributed by atoms with Gasteiger partial charge in [0.05, 0.1) is 12.6 Å². The number of nitrogens with zero attached hydrogens (tertiary/aromatic N) is 4. The van der Waals surface area contributed by atoms with Crippen LogP contribution in [0.1, 0.15) is 25.7 Å². The van der Waals surface area contributed by atoms with E-state index in [0.717, 1.165) is 25.9 Å². The predicted molar refractivity (Wildman–Crippen MR) is 81.9 cm³/mol. The molecule has 1 atom stereocenters. The van der Waals surface area contributed by atoms with E-state index in [1.807, 2.05) is 0 Å². The first-order valence-electron chi connectivity index (χ1n) is 7.26. The molecule has 2 rings (SSSR count). The first-order valence-corrected chi connectivity index (χ1v) is 7.63. The van der Waals surface area contributed by atoms with Crippen LogP contribution in [0.4, 0.5) is 11.9 Å². The van der Waals surface area contributed by atoms with Gasteiger partial charge in [0.1, 0.15) is 0 Å². The Morgan fingerprint density at radius 1 is 1.29 bits per heavy atom. The van der Waals surface area contributed by atoms with Gasteiger partial charge < -0.3 is 20.1 Å². The SMILES string of the molecule is COCC(CCO)Nc1nc(Cl)nc(N2CCCCC2)n1. The molecule has 0 saturated carbocycles. The lowest BCUT2D eigenvalue weighted by atomic mass is 10.1. The van der Waals surface area contributed by atoms with Crippen molar-refractivity contribution in [2.75, 3.05) is 43.6 Å². The summed E-state index contributed by atoms with van der Waals surface area (Å²) in [6, 6.07) is -0.0623. The van der Waals surface area contributed by atoms with Gasteiger partial charge in [-0.05, 0) is 37.3 Å². The minimum absolute atomic E-state index is 0.0623. The average Bonchev–Trinajstić information content (AvgIpc) is 2.48. The van der Waals surface area contributed by atoms with Crippen LogP contribution in [0, 0.1) is 0 Å². The van der Waals surface area contributed by atoms with E-state index in [4.69, 9.17) is 21.4 Å². The first-order chi connectivity index (χ1) is 10.2. The number of halogens is 1. The van der Waals surface area contributed by atoms with Crippen molar-refractivity contribution in [3.63, 3.8) is 0 Å². The Morgan fingerprint density at radius 3 is 2.71 bits per heavy atom. The van der Waals surface area contributed by atoms with Gasteiger partial charge in [-0.1, -0.05) is 0 Å². The highest BCUT2D eigenvalue weighted by atomic mass is 35.5. The van der Waals surface area contributed by atoms with E-state index in [1.54, 1.807) is 7.11 Å². The van der Waals surface area contributed by atoms with Gasteiger partial charge in [0.2, 0.25) is 17.2 Å². The number of methoxy groups -OCH3 is 1. The lowest BCUT2D eigenvalue weighted by molar-refractivity contribution is 0.170. The molecule has 0 amide bonds. The lowest BCUT2D eigenvalue weighted by Gasteiger charge is -2.27. The number of aliphatic hydroxyl groups is 1. The maximum absolute atomic E-state index is 9.07. The molecule has 2 N–H and O–H groups in total. The van der Waals surface area contributed by atoms with Crippen LogP contribution in [-0.2, 0) is 4.74 Å². The summed E-state index contributed by atoms with van der Waals surface area (Å²) in [5.41, 5.74) is 0. The first kappa shape index (κ1) is 16.2. The van der Waals surface area contributed by atoms with Crippen LogP contribution in [0.2, 0.25) is 5.28 Å². The van der Waals surface area contributed by atoms with Crippen LogP contribution >= 0.6 is 11.6 Å². The molecule has 8 heteroatoms. The normalized spacial score (nSPS) is 16.8. The quantitative estimate of drug-likeness (QED) is 0.785. The summed E-state index contributed by atoms with van der Waals surface area (Å²) >= 11 is 6.00. The number of piperidine rings is 1. The maximum Gasteiger partial charge on any atom is 0.231 e. The van der Waals surface area contributed by atoms with Gasteiger partial charge in [-0.15, -0.1) is 0 Å². The third-order valence-electron chi connectivity index (χ3n) is 3.41. The zero-order valence-electron chi connectivity index (χ0n) is 12.3. The molecule has 118 valence electrons. The van der Waals surface area contributed by atoms with Crippen molar-refractivity contribution in [1.29, 1.82) is 0 Å². The number of nitrogens with one attached hydrogen (secondary N) is 1. The average molecular weight is 316 g/mol. The van der Waals surface area contributed by atoms with Gasteiger partial charge in [-0.25, -0.2) is 0 Å². The van der Waals surface area contributed by atoms with Gasteiger partial charge in [0.15, 0.2) is 0 Å². The highest BCUT2D eigenvalue weighted by molar-refractivity contribution is 6.28. The molecule has 1 saturated heterocycles. The van der Waals surface area contributed by atoms with Crippen molar-refractivity contribution in [3.05, 3.63) is 5.28 Å². The molecule has 7 nitrogen and oxygen atoms in total. The number of hydrogen-bond donors (Lipinski definition) is 2. The van der Waals surface area contributed by atoms with Crippen molar-refractivity contribution in [2.24, 2.45) is 0 Å². The maximum atomic E-state index is 9.07. The number of rotatable bonds is 7. The number of hydrogen-bond acceptors (Lipinski definition) is 7. The van der Waals surface area contributed by atoms with Crippen molar-refractivity contribution < 1.29 is 9.84 Å². The third kappa shape index (κ3) is 4.94. The fourth-order valence-electron chi connectivity index (χ4n) is 2.38. The van der Waals surface area contributed by atoms with E-state index >= 15 is 0 Å². The minimum Gasteiger partial charge on any atom is -0.396 e. The molecule has 21 heavy (non-hydrogen) atoms. The van der Waals surface area contributed by atoms with Gasteiger partial charge >= 0.3 is 0 Å². The molecule has 0 bridgehead atoms. The fraction of sp³-hybridized carbons (Fsp3) is 0.769. The fourth-order valence-corrected chi connectivity index (χ4v) is 2.53. The second kappa shape index (κ2) is 8.31. The third-order valence-corrected chi connectivity index (χ3v) is 3.58. The molecule has 1 aliphatic heterocycles. The van der Waals surface area contributed by atoms with E-state index in [0.29, 0.717) is 24.9 Å². The van der Waals surface area contributed by atoms with E-state index in [2.05, 4.69) is 25.2 Å².